The van der Waals surface area contributed by atoms with Crippen molar-refractivity contribution in [3.8, 4) is 11.4 Å². The highest BCUT2D eigenvalue weighted by Gasteiger charge is 2.13. The van der Waals surface area contributed by atoms with Crippen LogP contribution in [0.4, 0.5) is 11.6 Å². The number of hydrogen-bond acceptors (Lipinski definition) is 4. The number of anilines is 2. The summed E-state index contributed by atoms with van der Waals surface area (Å²) in [5.41, 5.74) is 6.97. The van der Waals surface area contributed by atoms with Crippen LogP contribution in [0.15, 0.2) is 36.4 Å². The Balaban J connectivity index is 1.94. The minimum atomic E-state index is 0.540. The molecule has 2 aromatic rings. The average molecular weight is 268 g/mol. The maximum Gasteiger partial charge on any atom is 0.163 e. The Morgan fingerprint density at radius 1 is 0.900 bits per heavy atom. The van der Waals surface area contributed by atoms with Crippen LogP contribution in [0.5, 0.6) is 0 Å². The third kappa shape index (κ3) is 2.90. The summed E-state index contributed by atoms with van der Waals surface area (Å²) in [5.74, 6) is 2.21. The average Bonchev–Trinajstić information content (AvgIpc) is 2.77. The number of benzene rings is 1. The summed E-state index contributed by atoms with van der Waals surface area (Å²) in [6.07, 6.45) is 5.07. The van der Waals surface area contributed by atoms with Crippen molar-refractivity contribution in [2.45, 2.75) is 25.7 Å². The smallest absolute Gasteiger partial charge is 0.163 e. The first kappa shape index (κ1) is 12.9. The van der Waals surface area contributed by atoms with Gasteiger partial charge in [-0.15, -0.1) is 0 Å². The summed E-state index contributed by atoms with van der Waals surface area (Å²) in [6.45, 7) is 2.12. The molecular formula is C16H20N4. The number of rotatable bonds is 2. The van der Waals surface area contributed by atoms with Crippen molar-refractivity contribution in [1.29, 1.82) is 0 Å². The third-order valence-corrected chi connectivity index (χ3v) is 3.69. The van der Waals surface area contributed by atoms with E-state index in [0.29, 0.717) is 11.6 Å². The quantitative estimate of drug-likeness (QED) is 0.909. The second kappa shape index (κ2) is 5.90. The van der Waals surface area contributed by atoms with Crippen LogP contribution in [0.2, 0.25) is 0 Å². The number of nitrogens with two attached hydrogens (primary N) is 1. The first-order valence-corrected chi connectivity index (χ1v) is 7.28. The fraction of sp³-hybridized carbons (Fsp3) is 0.375. The van der Waals surface area contributed by atoms with Gasteiger partial charge in [-0.05, 0) is 12.8 Å². The van der Waals surface area contributed by atoms with Gasteiger partial charge >= 0.3 is 0 Å². The lowest BCUT2D eigenvalue weighted by Gasteiger charge is -2.22. The van der Waals surface area contributed by atoms with Gasteiger partial charge < -0.3 is 10.6 Å². The zero-order chi connectivity index (χ0) is 13.8. The molecule has 3 rings (SSSR count). The Hall–Kier alpha value is -2.10. The molecule has 2 heterocycles. The Morgan fingerprint density at radius 3 is 2.30 bits per heavy atom. The summed E-state index contributed by atoms with van der Waals surface area (Å²) in [6, 6.07) is 11.9. The van der Waals surface area contributed by atoms with Crippen molar-refractivity contribution in [3.63, 3.8) is 0 Å². The van der Waals surface area contributed by atoms with E-state index >= 15 is 0 Å². The van der Waals surface area contributed by atoms with Crippen LogP contribution in [0.25, 0.3) is 11.4 Å². The van der Waals surface area contributed by atoms with Gasteiger partial charge in [0, 0.05) is 24.7 Å². The fourth-order valence-corrected chi connectivity index (χ4v) is 2.63. The second-order valence-electron chi connectivity index (χ2n) is 5.24. The van der Waals surface area contributed by atoms with Gasteiger partial charge in [0.2, 0.25) is 0 Å². The van der Waals surface area contributed by atoms with Gasteiger partial charge in [0.15, 0.2) is 5.82 Å². The lowest BCUT2D eigenvalue weighted by atomic mass is 10.2. The predicted molar refractivity (Wildman–Crippen MR) is 82.6 cm³/mol. The van der Waals surface area contributed by atoms with E-state index in [9.17, 15) is 0 Å². The van der Waals surface area contributed by atoms with Gasteiger partial charge in [-0.2, -0.15) is 0 Å². The Kier molecular flexibility index (Phi) is 3.81. The summed E-state index contributed by atoms with van der Waals surface area (Å²) in [4.78, 5) is 11.4. The van der Waals surface area contributed by atoms with E-state index in [4.69, 9.17) is 10.7 Å². The minimum absolute atomic E-state index is 0.540. The molecule has 4 heteroatoms. The molecule has 0 atom stereocenters. The van der Waals surface area contributed by atoms with Crippen molar-refractivity contribution in [3.05, 3.63) is 36.4 Å². The van der Waals surface area contributed by atoms with E-state index in [1.54, 1.807) is 0 Å². The molecule has 0 radical (unpaired) electrons. The molecule has 20 heavy (non-hydrogen) atoms. The van der Waals surface area contributed by atoms with Crippen LogP contribution < -0.4 is 10.6 Å². The largest absolute Gasteiger partial charge is 0.384 e. The van der Waals surface area contributed by atoms with Crippen molar-refractivity contribution >= 4 is 11.6 Å². The van der Waals surface area contributed by atoms with Crippen LogP contribution in [0.1, 0.15) is 25.7 Å². The highest BCUT2D eigenvalue weighted by Crippen LogP contribution is 2.23. The Bertz CT molecular complexity index is 560. The van der Waals surface area contributed by atoms with Crippen molar-refractivity contribution in [2.75, 3.05) is 23.7 Å². The molecule has 0 amide bonds. The van der Waals surface area contributed by atoms with Gasteiger partial charge in [0.05, 0.1) is 0 Å². The lowest BCUT2D eigenvalue weighted by Crippen LogP contribution is -2.25. The maximum atomic E-state index is 5.96. The van der Waals surface area contributed by atoms with Gasteiger partial charge in [-0.3, -0.25) is 0 Å². The van der Waals surface area contributed by atoms with E-state index in [1.165, 1.54) is 25.7 Å². The molecule has 0 aliphatic carbocycles. The van der Waals surface area contributed by atoms with Crippen LogP contribution in [0, 0.1) is 0 Å². The first-order valence-electron chi connectivity index (χ1n) is 7.28. The van der Waals surface area contributed by atoms with Gasteiger partial charge in [-0.1, -0.05) is 43.2 Å². The van der Waals surface area contributed by atoms with Gasteiger partial charge in [-0.25, -0.2) is 9.97 Å². The van der Waals surface area contributed by atoms with E-state index < -0.39 is 0 Å². The van der Waals surface area contributed by atoms with Crippen LogP contribution in [-0.4, -0.2) is 23.1 Å². The van der Waals surface area contributed by atoms with E-state index in [0.717, 1.165) is 24.5 Å². The molecule has 104 valence electrons. The third-order valence-electron chi connectivity index (χ3n) is 3.69. The lowest BCUT2D eigenvalue weighted by molar-refractivity contribution is 0.726. The highest BCUT2D eigenvalue weighted by molar-refractivity contribution is 5.60. The molecule has 1 aromatic carbocycles. The first-order chi connectivity index (χ1) is 9.83. The standard InChI is InChI=1S/C16H20N4/c17-14-12-15(20-10-6-1-2-7-11-20)19-16(18-14)13-8-4-3-5-9-13/h3-5,8-9,12H,1-2,6-7,10-11H2,(H2,17,18,19). The molecular weight excluding hydrogens is 248 g/mol. The number of nitrogen functional groups attached to an aromatic ring is 1. The van der Waals surface area contributed by atoms with E-state index in [-0.39, 0.29) is 0 Å². The number of nitrogens with zero attached hydrogens (tertiary/aromatic N) is 3. The molecule has 1 aromatic heterocycles. The van der Waals surface area contributed by atoms with E-state index in [2.05, 4.69) is 9.88 Å². The Labute approximate surface area is 119 Å². The van der Waals surface area contributed by atoms with E-state index in [1.807, 2.05) is 36.4 Å². The molecule has 0 unspecified atom stereocenters. The molecule has 1 aliphatic heterocycles. The zero-order valence-electron chi connectivity index (χ0n) is 11.6. The molecule has 0 spiro atoms. The van der Waals surface area contributed by atoms with Crippen molar-refractivity contribution < 1.29 is 0 Å². The van der Waals surface area contributed by atoms with Gasteiger partial charge in [0.25, 0.3) is 0 Å². The number of aromatic nitrogens is 2. The zero-order valence-corrected chi connectivity index (χ0v) is 11.6. The summed E-state index contributed by atoms with van der Waals surface area (Å²) in [7, 11) is 0. The molecule has 0 bridgehead atoms. The normalized spacial score (nSPS) is 15.9. The summed E-state index contributed by atoms with van der Waals surface area (Å²) in [5, 5.41) is 0. The van der Waals surface area contributed by atoms with Crippen LogP contribution >= 0.6 is 0 Å². The molecule has 0 saturated carbocycles. The maximum absolute atomic E-state index is 5.96. The fourth-order valence-electron chi connectivity index (χ4n) is 2.63. The number of hydrogen-bond donors (Lipinski definition) is 1. The highest BCUT2D eigenvalue weighted by atomic mass is 15.2. The van der Waals surface area contributed by atoms with Crippen LogP contribution in [0.3, 0.4) is 0 Å². The van der Waals surface area contributed by atoms with Crippen LogP contribution in [-0.2, 0) is 0 Å². The predicted octanol–water partition coefficient (Wildman–Crippen LogP) is 3.11. The summed E-state index contributed by atoms with van der Waals surface area (Å²) < 4.78 is 0. The topological polar surface area (TPSA) is 55.0 Å². The van der Waals surface area contributed by atoms with Crippen molar-refractivity contribution in [2.24, 2.45) is 0 Å². The monoisotopic (exact) mass is 268 g/mol. The minimum Gasteiger partial charge on any atom is -0.384 e. The molecule has 2 N–H and O–H groups in total. The molecule has 1 saturated heterocycles. The van der Waals surface area contributed by atoms with Gasteiger partial charge in [0.1, 0.15) is 11.6 Å². The molecule has 1 aliphatic rings. The molecule has 4 nitrogen and oxygen atoms in total. The SMILES string of the molecule is Nc1cc(N2CCCCCC2)nc(-c2ccccc2)n1. The molecule has 1 fully saturated rings. The van der Waals surface area contributed by atoms with Crippen molar-refractivity contribution in [1.82, 2.24) is 9.97 Å². The second-order valence-corrected chi connectivity index (χ2v) is 5.24. The summed E-state index contributed by atoms with van der Waals surface area (Å²) >= 11 is 0. The Morgan fingerprint density at radius 2 is 1.60 bits per heavy atom.